The van der Waals surface area contributed by atoms with Crippen LogP contribution in [0.15, 0.2) is 0 Å². The Hall–Kier alpha value is -0.570. The van der Waals surface area contributed by atoms with Gasteiger partial charge in [0.2, 0.25) is 5.91 Å². The summed E-state index contributed by atoms with van der Waals surface area (Å²) in [6.07, 6.45) is 7.10. The minimum Gasteiger partial charge on any atom is -0.339 e. The fraction of sp³-hybridized carbons (Fsp3) is 0.933. The van der Waals surface area contributed by atoms with Crippen molar-refractivity contribution in [2.45, 2.75) is 70.9 Å². The van der Waals surface area contributed by atoms with Crippen molar-refractivity contribution >= 4 is 5.91 Å². The Bertz CT molecular complexity index is 295. The molecule has 1 aliphatic heterocycles. The topological polar surface area (TPSA) is 32.3 Å². The molecule has 0 aromatic carbocycles. The molecule has 1 heterocycles. The molecular weight excluding hydrogens is 224 g/mol. The Morgan fingerprint density at radius 1 is 1.22 bits per heavy atom. The fourth-order valence-electron chi connectivity index (χ4n) is 3.45. The minimum absolute atomic E-state index is 0.109. The second kappa shape index (κ2) is 5.60. The number of likely N-dealkylation sites (tertiary alicyclic amines) is 1. The first-order valence-corrected chi connectivity index (χ1v) is 7.52. The molecule has 1 aliphatic carbocycles. The van der Waals surface area contributed by atoms with Crippen molar-refractivity contribution in [2.24, 2.45) is 5.92 Å². The molecule has 0 aromatic heterocycles. The lowest BCUT2D eigenvalue weighted by Gasteiger charge is -2.38. The van der Waals surface area contributed by atoms with Crippen molar-refractivity contribution in [3.8, 4) is 0 Å². The lowest BCUT2D eigenvalue weighted by Crippen LogP contribution is -2.47. The van der Waals surface area contributed by atoms with E-state index in [1.165, 1.54) is 32.1 Å². The second-order valence-electron chi connectivity index (χ2n) is 6.91. The highest BCUT2D eigenvalue weighted by molar-refractivity contribution is 5.77. The SMILES string of the molecule is CC(C)(C)NCCC(=O)N1CCCC2CCCC21. The Morgan fingerprint density at radius 3 is 2.67 bits per heavy atom. The summed E-state index contributed by atoms with van der Waals surface area (Å²) < 4.78 is 0. The van der Waals surface area contributed by atoms with Gasteiger partial charge < -0.3 is 10.2 Å². The molecule has 0 bridgehead atoms. The molecular formula is C15H28N2O. The monoisotopic (exact) mass is 252 g/mol. The first-order valence-electron chi connectivity index (χ1n) is 7.52. The molecule has 3 heteroatoms. The highest BCUT2D eigenvalue weighted by atomic mass is 16.2. The summed E-state index contributed by atoms with van der Waals surface area (Å²) in [4.78, 5) is 14.5. The predicted octanol–water partition coefficient (Wildman–Crippen LogP) is 2.56. The summed E-state index contributed by atoms with van der Waals surface area (Å²) in [7, 11) is 0. The Kier molecular flexibility index (Phi) is 4.31. The molecule has 2 rings (SSSR count). The number of nitrogens with one attached hydrogen (secondary N) is 1. The van der Waals surface area contributed by atoms with Gasteiger partial charge in [0.05, 0.1) is 0 Å². The predicted molar refractivity (Wildman–Crippen MR) is 74.4 cm³/mol. The summed E-state index contributed by atoms with van der Waals surface area (Å²) >= 11 is 0. The van der Waals surface area contributed by atoms with Gasteiger partial charge in [0.25, 0.3) is 0 Å². The van der Waals surface area contributed by atoms with Crippen LogP contribution in [0.25, 0.3) is 0 Å². The zero-order valence-corrected chi connectivity index (χ0v) is 12.2. The molecule has 0 spiro atoms. The van der Waals surface area contributed by atoms with Gasteiger partial charge in [-0.25, -0.2) is 0 Å². The average molecular weight is 252 g/mol. The number of hydrogen-bond acceptors (Lipinski definition) is 2. The van der Waals surface area contributed by atoms with Gasteiger partial charge in [-0.1, -0.05) is 6.42 Å². The van der Waals surface area contributed by atoms with E-state index in [9.17, 15) is 4.79 Å². The number of carbonyl (C=O) groups excluding carboxylic acids is 1. The van der Waals surface area contributed by atoms with Crippen LogP contribution in [0.3, 0.4) is 0 Å². The number of amides is 1. The van der Waals surface area contributed by atoms with Crippen molar-refractivity contribution in [1.29, 1.82) is 0 Å². The van der Waals surface area contributed by atoms with Crippen molar-refractivity contribution < 1.29 is 4.79 Å². The smallest absolute Gasteiger partial charge is 0.224 e. The van der Waals surface area contributed by atoms with Crippen LogP contribution in [0.4, 0.5) is 0 Å². The van der Waals surface area contributed by atoms with Crippen LogP contribution in [0.1, 0.15) is 59.3 Å². The molecule has 104 valence electrons. The van der Waals surface area contributed by atoms with E-state index in [1.54, 1.807) is 0 Å². The Labute approximate surface area is 111 Å². The van der Waals surface area contributed by atoms with E-state index in [1.807, 2.05) is 0 Å². The molecule has 18 heavy (non-hydrogen) atoms. The van der Waals surface area contributed by atoms with E-state index < -0.39 is 0 Å². The van der Waals surface area contributed by atoms with Gasteiger partial charge in [-0.2, -0.15) is 0 Å². The van der Waals surface area contributed by atoms with Crippen LogP contribution in [0, 0.1) is 5.92 Å². The zero-order chi connectivity index (χ0) is 13.2. The highest BCUT2D eigenvalue weighted by Crippen LogP contribution is 2.36. The van der Waals surface area contributed by atoms with E-state index in [4.69, 9.17) is 0 Å². The molecule has 1 amide bonds. The maximum Gasteiger partial charge on any atom is 0.224 e. The maximum absolute atomic E-state index is 12.3. The van der Waals surface area contributed by atoms with Gasteiger partial charge in [-0.3, -0.25) is 4.79 Å². The largest absolute Gasteiger partial charge is 0.339 e. The van der Waals surface area contributed by atoms with Crippen molar-refractivity contribution in [2.75, 3.05) is 13.1 Å². The van der Waals surface area contributed by atoms with E-state index in [2.05, 4.69) is 31.0 Å². The van der Waals surface area contributed by atoms with Gasteiger partial charge in [0, 0.05) is 31.1 Å². The Balaban J connectivity index is 1.81. The zero-order valence-electron chi connectivity index (χ0n) is 12.2. The lowest BCUT2D eigenvalue weighted by molar-refractivity contribution is -0.135. The standard InChI is InChI=1S/C15H28N2O/c1-15(2,3)16-10-9-14(18)17-11-5-7-12-6-4-8-13(12)17/h12-13,16H,4-11H2,1-3H3. The number of fused-ring (bicyclic) bond motifs is 1. The van der Waals surface area contributed by atoms with Crippen molar-refractivity contribution in [1.82, 2.24) is 10.2 Å². The van der Waals surface area contributed by atoms with E-state index in [0.717, 1.165) is 19.0 Å². The van der Waals surface area contributed by atoms with E-state index in [-0.39, 0.29) is 5.54 Å². The first-order chi connectivity index (χ1) is 8.47. The van der Waals surface area contributed by atoms with Crippen molar-refractivity contribution in [3.05, 3.63) is 0 Å². The van der Waals surface area contributed by atoms with Crippen LogP contribution in [-0.4, -0.2) is 35.5 Å². The third-order valence-corrected chi connectivity index (χ3v) is 4.31. The van der Waals surface area contributed by atoms with Gasteiger partial charge in [-0.15, -0.1) is 0 Å². The third kappa shape index (κ3) is 3.47. The molecule has 2 unspecified atom stereocenters. The number of carbonyl (C=O) groups is 1. The number of hydrogen-bond donors (Lipinski definition) is 1. The van der Waals surface area contributed by atoms with Gasteiger partial charge in [-0.05, 0) is 52.4 Å². The van der Waals surface area contributed by atoms with E-state index >= 15 is 0 Å². The summed E-state index contributed by atoms with van der Waals surface area (Å²) in [5.74, 6) is 1.17. The van der Waals surface area contributed by atoms with Crippen molar-refractivity contribution in [3.63, 3.8) is 0 Å². The number of piperidine rings is 1. The summed E-state index contributed by atoms with van der Waals surface area (Å²) in [6, 6.07) is 0.570. The molecule has 3 nitrogen and oxygen atoms in total. The molecule has 1 saturated heterocycles. The van der Waals surface area contributed by atoms with Crippen LogP contribution in [0.2, 0.25) is 0 Å². The molecule has 2 fully saturated rings. The third-order valence-electron chi connectivity index (χ3n) is 4.31. The Morgan fingerprint density at radius 2 is 1.94 bits per heavy atom. The van der Waals surface area contributed by atoms with Gasteiger partial charge >= 0.3 is 0 Å². The average Bonchev–Trinajstić information content (AvgIpc) is 2.74. The molecule has 2 atom stereocenters. The van der Waals surface area contributed by atoms with Crippen LogP contribution in [0.5, 0.6) is 0 Å². The quantitative estimate of drug-likeness (QED) is 0.837. The van der Waals surface area contributed by atoms with Gasteiger partial charge in [0.15, 0.2) is 0 Å². The molecule has 0 aromatic rings. The summed E-state index contributed by atoms with van der Waals surface area (Å²) in [5.41, 5.74) is 0.109. The molecule has 0 radical (unpaired) electrons. The maximum atomic E-state index is 12.3. The second-order valence-corrected chi connectivity index (χ2v) is 6.91. The normalized spacial score (nSPS) is 28.3. The lowest BCUT2D eigenvalue weighted by atomic mass is 9.92. The van der Waals surface area contributed by atoms with Gasteiger partial charge in [0.1, 0.15) is 0 Å². The summed E-state index contributed by atoms with van der Waals surface area (Å²) in [6.45, 7) is 8.23. The molecule has 2 aliphatic rings. The van der Waals surface area contributed by atoms with Crippen LogP contribution in [-0.2, 0) is 4.79 Å². The van der Waals surface area contributed by atoms with E-state index in [0.29, 0.717) is 18.4 Å². The molecule has 1 N–H and O–H groups in total. The fourth-order valence-corrected chi connectivity index (χ4v) is 3.45. The number of nitrogens with zero attached hydrogens (tertiary/aromatic N) is 1. The number of rotatable bonds is 3. The van der Waals surface area contributed by atoms with Crippen LogP contribution >= 0.6 is 0 Å². The minimum atomic E-state index is 0.109. The summed E-state index contributed by atoms with van der Waals surface area (Å²) in [5, 5.41) is 3.40. The highest BCUT2D eigenvalue weighted by Gasteiger charge is 2.36. The van der Waals surface area contributed by atoms with Crippen LogP contribution < -0.4 is 5.32 Å². The molecule has 1 saturated carbocycles. The first kappa shape index (κ1) is 13.9.